The molecule has 0 aromatic heterocycles. The van der Waals surface area contributed by atoms with Gasteiger partial charge in [0.1, 0.15) is 12.6 Å². The van der Waals surface area contributed by atoms with Crippen molar-refractivity contribution >= 4 is 39.1 Å². The Labute approximate surface area is 236 Å². The van der Waals surface area contributed by atoms with Crippen LogP contribution in [0.25, 0.3) is 0 Å². The molecule has 1 N–H and O–H groups in total. The Morgan fingerprint density at radius 3 is 2.13 bits per heavy atom. The van der Waals surface area contributed by atoms with Gasteiger partial charge in [-0.25, -0.2) is 8.42 Å². The Balaban J connectivity index is 2.06. The van der Waals surface area contributed by atoms with Crippen LogP contribution >= 0.6 is 11.6 Å². The second kappa shape index (κ2) is 13.1. The maximum atomic E-state index is 14.0. The number of carbonyl (C=O) groups excluding carboxylic acids is 2. The number of benzene rings is 3. The van der Waals surface area contributed by atoms with E-state index in [9.17, 15) is 18.0 Å². The first kappa shape index (κ1) is 30.2. The smallest absolute Gasteiger partial charge is 0.264 e. The van der Waals surface area contributed by atoms with Gasteiger partial charge in [-0.05, 0) is 76.1 Å². The van der Waals surface area contributed by atoms with Gasteiger partial charge in [0.15, 0.2) is 0 Å². The van der Waals surface area contributed by atoms with E-state index in [2.05, 4.69) is 5.32 Å². The Morgan fingerprint density at radius 1 is 0.923 bits per heavy atom. The van der Waals surface area contributed by atoms with Crippen molar-refractivity contribution in [2.75, 3.05) is 10.8 Å². The highest BCUT2D eigenvalue weighted by Gasteiger charge is 2.33. The molecule has 1 atom stereocenters. The highest BCUT2D eigenvalue weighted by Crippen LogP contribution is 2.26. The summed E-state index contributed by atoms with van der Waals surface area (Å²) in [5.41, 5.74) is 3.17. The number of nitrogens with zero attached hydrogens (tertiary/aromatic N) is 2. The molecule has 2 amide bonds. The molecular weight excluding hydrogens is 534 g/mol. The number of anilines is 1. The number of carbonyl (C=O) groups is 2. The minimum absolute atomic E-state index is 0.00935. The predicted octanol–water partition coefficient (Wildman–Crippen LogP) is 5.48. The predicted molar refractivity (Wildman–Crippen MR) is 156 cm³/mol. The molecule has 0 spiro atoms. The topological polar surface area (TPSA) is 86.8 Å². The average molecular weight is 570 g/mol. The molecule has 0 saturated heterocycles. The van der Waals surface area contributed by atoms with E-state index in [-0.39, 0.29) is 23.4 Å². The molecule has 0 radical (unpaired) electrons. The first-order chi connectivity index (χ1) is 18.4. The van der Waals surface area contributed by atoms with Crippen LogP contribution in [0, 0.1) is 13.8 Å². The van der Waals surface area contributed by atoms with Crippen molar-refractivity contribution in [3.63, 3.8) is 0 Å². The van der Waals surface area contributed by atoms with Crippen molar-refractivity contribution in [3.8, 4) is 0 Å². The molecule has 0 unspecified atom stereocenters. The van der Waals surface area contributed by atoms with Gasteiger partial charge in [-0.15, -0.1) is 0 Å². The Kier molecular flexibility index (Phi) is 10.2. The second-order valence-electron chi connectivity index (χ2n) is 9.90. The highest BCUT2D eigenvalue weighted by atomic mass is 35.5. The van der Waals surface area contributed by atoms with Gasteiger partial charge in [-0.3, -0.25) is 13.9 Å². The molecule has 7 nitrogen and oxygen atoms in total. The van der Waals surface area contributed by atoms with Crippen LogP contribution in [0.1, 0.15) is 43.9 Å². The number of rotatable bonds is 11. The van der Waals surface area contributed by atoms with Crippen molar-refractivity contribution in [3.05, 3.63) is 94.5 Å². The van der Waals surface area contributed by atoms with E-state index in [0.717, 1.165) is 21.0 Å². The van der Waals surface area contributed by atoms with Crippen LogP contribution < -0.4 is 9.62 Å². The zero-order valence-electron chi connectivity index (χ0n) is 23.0. The lowest BCUT2D eigenvalue weighted by atomic mass is 10.1. The SMILES string of the molecule is CC[C@H](C(=O)NC(C)C)N(Cc1cccc(C)c1)C(=O)CN(c1ccc(C)cc1)S(=O)(=O)c1ccc(Cl)cc1. The third-order valence-electron chi connectivity index (χ3n) is 6.25. The molecule has 0 heterocycles. The fourth-order valence-corrected chi connectivity index (χ4v) is 5.82. The number of aryl methyl sites for hydroxylation is 2. The van der Waals surface area contributed by atoms with Crippen LogP contribution in [-0.2, 0) is 26.2 Å². The van der Waals surface area contributed by atoms with Crippen LogP contribution in [0.4, 0.5) is 5.69 Å². The molecule has 9 heteroatoms. The van der Waals surface area contributed by atoms with Crippen molar-refractivity contribution in [2.45, 2.75) is 64.6 Å². The minimum Gasteiger partial charge on any atom is -0.352 e. The van der Waals surface area contributed by atoms with Crippen molar-refractivity contribution in [2.24, 2.45) is 0 Å². The maximum Gasteiger partial charge on any atom is 0.264 e. The summed E-state index contributed by atoms with van der Waals surface area (Å²) >= 11 is 6.00. The van der Waals surface area contributed by atoms with Crippen LogP contribution in [-0.4, -0.2) is 43.8 Å². The van der Waals surface area contributed by atoms with Gasteiger partial charge in [0, 0.05) is 17.6 Å². The molecule has 3 aromatic rings. The van der Waals surface area contributed by atoms with Gasteiger partial charge in [0.05, 0.1) is 10.6 Å². The first-order valence-corrected chi connectivity index (χ1v) is 14.7. The molecule has 0 fully saturated rings. The summed E-state index contributed by atoms with van der Waals surface area (Å²) in [4.78, 5) is 28.7. The average Bonchev–Trinajstić information content (AvgIpc) is 2.87. The number of hydrogen-bond acceptors (Lipinski definition) is 4. The summed E-state index contributed by atoms with van der Waals surface area (Å²) in [7, 11) is -4.14. The van der Waals surface area contributed by atoms with Gasteiger partial charge in [-0.2, -0.15) is 0 Å². The fourth-order valence-electron chi connectivity index (χ4n) is 4.28. The zero-order chi connectivity index (χ0) is 28.7. The largest absolute Gasteiger partial charge is 0.352 e. The van der Waals surface area contributed by atoms with Gasteiger partial charge in [0.25, 0.3) is 10.0 Å². The van der Waals surface area contributed by atoms with Crippen LogP contribution in [0.5, 0.6) is 0 Å². The first-order valence-electron chi connectivity index (χ1n) is 12.9. The van der Waals surface area contributed by atoms with Gasteiger partial charge in [-0.1, -0.05) is 66.0 Å². The third-order valence-corrected chi connectivity index (χ3v) is 8.29. The summed E-state index contributed by atoms with van der Waals surface area (Å²) < 4.78 is 28.8. The number of amides is 2. The fraction of sp³-hybridized carbons (Fsp3) is 0.333. The number of halogens is 1. The number of sulfonamides is 1. The van der Waals surface area contributed by atoms with Crippen LogP contribution in [0.3, 0.4) is 0 Å². The number of nitrogens with one attached hydrogen (secondary N) is 1. The molecule has 0 aliphatic heterocycles. The van der Waals surface area contributed by atoms with Crippen molar-refractivity contribution < 1.29 is 18.0 Å². The van der Waals surface area contributed by atoms with E-state index in [1.54, 1.807) is 24.3 Å². The summed E-state index contributed by atoms with van der Waals surface area (Å²) in [6.45, 7) is 9.08. The Bertz CT molecular complexity index is 1390. The summed E-state index contributed by atoms with van der Waals surface area (Å²) in [6.07, 6.45) is 0.366. The lowest BCUT2D eigenvalue weighted by Crippen LogP contribution is -2.53. The second-order valence-corrected chi connectivity index (χ2v) is 12.2. The van der Waals surface area contributed by atoms with Gasteiger partial charge >= 0.3 is 0 Å². The third kappa shape index (κ3) is 7.83. The highest BCUT2D eigenvalue weighted by molar-refractivity contribution is 7.92. The summed E-state index contributed by atoms with van der Waals surface area (Å²) in [6, 6.07) is 19.5. The molecule has 3 rings (SSSR count). The standard InChI is InChI=1S/C30H36ClN3O4S/c1-6-28(30(36)32-21(2)3)33(19-24-9-7-8-23(5)18-24)29(35)20-34(26-14-10-22(4)11-15-26)39(37,38)27-16-12-25(31)13-17-27/h7-18,21,28H,6,19-20H2,1-5H3,(H,32,36)/t28-/m1/s1. The number of hydrogen-bond donors (Lipinski definition) is 1. The summed E-state index contributed by atoms with van der Waals surface area (Å²) in [5.74, 6) is -0.767. The lowest BCUT2D eigenvalue weighted by Gasteiger charge is -2.33. The normalized spacial score (nSPS) is 12.2. The maximum absolute atomic E-state index is 14.0. The molecule has 3 aromatic carbocycles. The molecule has 0 aliphatic carbocycles. The van der Waals surface area contributed by atoms with Gasteiger partial charge in [0.2, 0.25) is 11.8 Å². The van der Waals surface area contributed by atoms with E-state index in [1.165, 1.54) is 29.2 Å². The molecule has 0 saturated carbocycles. The van der Waals surface area contributed by atoms with E-state index in [1.807, 2.05) is 58.9 Å². The van der Waals surface area contributed by atoms with Crippen LogP contribution in [0.15, 0.2) is 77.7 Å². The van der Waals surface area contributed by atoms with Crippen molar-refractivity contribution in [1.29, 1.82) is 0 Å². The van der Waals surface area contributed by atoms with E-state index >= 15 is 0 Å². The molecular formula is C30H36ClN3O4S. The quantitative estimate of drug-likeness (QED) is 0.331. The minimum atomic E-state index is -4.14. The van der Waals surface area contributed by atoms with E-state index < -0.39 is 28.5 Å². The monoisotopic (exact) mass is 569 g/mol. The van der Waals surface area contributed by atoms with E-state index in [4.69, 9.17) is 11.6 Å². The molecule has 39 heavy (non-hydrogen) atoms. The van der Waals surface area contributed by atoms with Gasteiger partial charge < -0.3 is 10.2 Å². The molecule has 0 bridgehead atoms. The lowest BCUT2D eigenvalue weighted by molar-refractivity contribution is -0.140. The Morgan fingerprint density at radius 2 is 1.56 bits per heavy atom. The Hall–Kier alpha value is -3.36. The van der Waals surface area contributed by atoms with E-state index in [0.29, 0.717) is 17.1 Å². The van der Waals surface area contributed by atoms with Crippen molar-refractivity contribution in [1.82, 2.24) is 10.2 Å². The van der Waals surface area contributed by atoms with Crippen LogP contribution in [0.2, 0.25) is 5.02 Å². The summed E-state index contributed by atoms with van der Waals surface area (Å²) in [5, 5.41) is 3.30. The molecule has 208 valence electrons. The zero-order valence-corrected chi connectivity index (χ0v) is 24.6. The molecule has 0 aliphatic rings.